The van der Waals surface area contributed by atoms with Crippen molar-refractivity contribution >= 4 is 22.4 Å². The van der Waals surface area contributed by atoms with Gasteiger partial charge in [0.15, 0.2) is 0 Å². The summed E-state index contributed by atoms with van der Waals surface area (Å²) in [6.45, 7) is 0. The monoisotopic (exact) mass is 202 g/mol. The molecule has 14 heavy (non-hydrogen) atoms. The van der Waals surface area contributed by atoms with Crippen LogP contribution in [0.15, 0.2) is 30.5 Å². The van der Waals surface area contributed by atoms with Gasteiger partial charge in [0.1, 0.15) is 0 Å². The Bertz CT molecular complexity index is 514. The van der Waals surface area contributed by atoms with Crippen molar-refractivity contribution in [2.45, 2.75) is 6.42 Å². The molecule has 0 radical (unpaired) electrons. The number of halogens is 1. The minimum atomic E-state index is 0.336. The van der Waals surface area contributed by atoms with E-state index in [2.05, 4.69) is 11.1 Å². The Morgan fingerprint density at radius 2 is 2.14 bits per heavy atom. The summed E-state index contributed by atoms with van der Waals surface area (Å²) in [7, 11) is 0. The third-order valence-electron chi connectivity index (χ3n) is 2.00. The van der Waals surface area contributed by atoms with Crippen molar-refractivity contribution < 1.29 is 0 Å². The molecule has 0 aliphatic carbocycles. The summed E-state index contributed by atoms with van der Waals surface area (Å²) in [5.41, 5.74) is 0.780. The van der Waals surface area contributed by atoms with Crippen molar-refractivity contribution in [1.29, 1.82) is 5.26 Å². The van der Waals surface area contributed by atoms with E-state index in [9.17, 15) is 0 Å². The van der Waals surface area contributed by atoms with E-state index in [1.807, 2.05) is 24.3 Å². The molecule has 1 heterocycles. The molecule has 0 aliphatic heterocycles. The summed E-state index contributed by atoms with van der Waals surface area (Å²) in [4.78, 5) is 4.16. The van der Waals surface area contributed by atoms with E-state index in [0.29, 0.717) is 11.4 Å². The number of hydrogen-bond donors (Lipinski definition) is 0. The van der Waals surface area contributed by atoms with E-state index in [0.717, 1.165) is 16.5 Å². The maximum Gasteiger partial charge on any atom is 0.0774 e. The van der Waals surface area contributed by atoms with Crippen LogP contribution in [0.25, 0.3) is 10.8 Å². The number of benzene rings is 1. The van der Waals surface area contributed by atoms with E-state index in [1.165, 1.54) is 0 Å². The highest BCUT2D eigenvalue weighted by Crippen LogP contribution is 2.19. The molecule has 0 bridgehead atoms. The molecule has 1 aromatic heterocycles. The van der Waals surface area contributed by atoms with Crippen molar-refractivity contribution in [2.75, 3.05) is 0 Å². The Morgan fingerprint density at radius 3 is 2.93 bits per heavy atom. The first-order valence-electron chi connectivity index (χ1n) is 4.21. The zero-order chi connectivity index (χ0) is 9.97. The fourth-order valence-corrected chi connectivity index (χ4v) is 1.52. The number of fused-ring (bicyclic) bond motifs is 1. The van der Waals surface area contributed by atoms with E-state index in [-0.39, 0.29) is 0 Å². The van der Waals surface area contributed by atoms with Gasteiger partial charge in [-0.05, 0) is 23.6 Å². The molecule has 0 saturated heterocycles. The van der Waals surface area contributed by atoms with Gasteiger partial charge in [-0.1, -0.05) is 17.7 Å². The van der Waals surface area contributed by atoms with Gasteiger partial charge >= 0.3 is 0 Å². The Balaban J connectivity index is 2.59. The molecule has 0 saturated carbocycles. The lowest BCUT2D eigenvalue weighted by Gasteiger charge is -1.99. The summed E-state index contributed by atoms with van der Waals surface area (Å²) in [6.07, 6.45) is 2.10. The quantitative estimate of drug-likeness (QED) is 0.713. The van der Waals surface area contributed by atoms with E-state index < -0.39 is 0 Å². The molecule has 0 aliphatic rings. The van der Waals surface area contributed by atoms with Gasteiger partial charge in [-0.25, -0.2) is 0 Å². The first-order chi connectivity index (χ1) is 6.79. The lowest BCUT2D eigenvalue weighted by Crippen LogP contribution is -1.87. The second-order valence-corrected chi connectivity index (χ2v) is 3.44. The smallest absolute Gasteiger partial charge is 0.0774 e. The zero-order valence-corrected chi connectivity index (χ0v) is 8.12. The van der Waals surface area contributed by atoms with Gasteiger partial charge in [0.2, 0.25) is 0 Å². The van der Waals surface area contributed by atoms with Gasteiger partial charge in [0, 0.05) is 16.6 Å². The number of nitriles is 1. The summed E-state index contributed by atoms with van der Waals surface area (Å²) in [5, 5.41) is 11.3. The van der Waals surface area contributed by atoms with Crippen LogP contribution in [0.1, 0.15) is 5.69 Å². The molecule has 0 unspecified atom stereocenters. The van der Waals surface area contributed by atoms with Crippen molar-refractivity contribution in [3.63, 3.8) is 0 Å². The van der Waals surface area contributed by atoms with E-state index in [4.69, 9.17) is 16.9 Å². The van der Waals surface area contributed by atoms with Crippen molar-refractivity contribution in [3.8, 4) is 6.07 Å². The van der Waals surface area contributed by atoms with Gasteiger partial charge in [0.05, 0.1) is 18.2 Å². The van der Waals surface area contributed by atoms with Gasteiger partial charge in [-0.2, -0.15) is 5.26 Å². The normalized spacial score (nSPS) is 10.0. The molecule has 1 aromatic carbocycles. The van der Waals surface area contributed by atoms with Crippen LogP contribution in [0.4, 0.5) is 0 Å². The molecule has 0 amide bonds. The van der Waals surface area contributed by atoms with Crippen LogP contribution in [-0.4, -0.2) is 4.98 Å². The van der Waals surface area contributed by atoms with Crippen LogP contribution >= 0.6 is 11.6 Å². The van der Waals surface area contributed by atoms with Crippen molar-refractivity contribution in [1.82, 2.24) is 4.98 Å². The Kier molecular flexibility index (Phi) is 2.34. The van der Waals surface area contributed by atoms with Crippen LogP contribution in [-0.2, 0) is 6.42 Å². The fourth-order valence-electron chi connectivity index (χ4n) is 1.34. The molecule has 0 atom stereocenters. The molecule has 2 aromatic rings. The predicted octanol–water partition coefficient (Wildman–Crippen LogP) is 2.95. The highest BCUT2D eigenvalue weighted by molar-refractivity contribution is 6.31. The topological polar surface area (TPSA) is 36.7 Å². The average Bonchev–Trinajstić information content (AvgIpc) is 2.17. The molecule has 0 fully saturated rings. The second-order valence-electron chi connectivity index (χ2n) is 3.00. The first kappa shape index (κ1) is 8.98. The summed E-state index contributed by atoms with van der Waals surface area (Å²) in [5.74, 6) is 0. The first-order valence-corrected chi connectivity index (χ1v) is 4.58. The lowest BCUT2D eigenvalue weighted by atomic mass is 10.1. The van der Waals surface area contributed by atoms with Crippen LogP contribution in [0, 0.1) is 11.3 Å². The maximum absolute atomic E-state index is 8.53. The standard InChI is InChI=1S/C11H7ClN2/c12-10-2-1-8-7-14-11(3-4-13)6-9(8)5-10/h1-2,5-7H,3H2. The number of hydrogen-bond acceptors (Lipinski definition) is 2. The molecule has 3 heteroatoms. The highest BCUT2D eigenvalue weighted by Gasteiger charge is 1.98. The number of nitrogens with zero attached hydrogens (tertiary/aromatic N) is 2. The SMILES string of the molecule is N#CCc1cc2cc(Cl)ccc2cn1. The van der Waals surface area contributed by atoms with Crippen LogP contribution in [0.5, 0.6) is 0 Å². The van der Waals surface area contributed by atoms with Gasteiger partial charge < -0.3 is 0 Å². The number of pyridine rings is 1. The molecule has 2 nitrogen and oxygen atoms in total. The summed E-state index contributed by atoms with van der Waals surface area (Å²) < 4.78 is 0. The van der Waals surface area contributed by atoms with Crippen LogP contribution in [0.3, 0.4) is 0 Å². The minimum Gasteiger partial charge on any atom is -0.260 e. The lowest BCUT2D eigenvalue weighted by molar-refractivity contribution is 1.13. The highest BCUT2D eigenvalue weighted by atomic mass is 35.5. The molecule has 2 rings (SSSR count). The minimum absolute atomic E-state index is 0.336. The fraction of sp³-hybridized carbons (Fsp3) is 0.0909. The predicted molar refractivity (Wildman–Crippen MR) is 56.1 cm³/mol. The molecular formula is C11H7ClN2. The number of rotatable bonds is 1. The zero-order valence-electron chi connectivity index (χ0n) is 7.37. The Morgan fingerprint density at radius 1 is 1.29 bits per heavy atom. The van der Waals surface area contributed by atoms with Crippen LogP contribution < -0.4 is 0 Å². The van der Waals surface area contributed by atoms with Gasteiger partial charge in [-0.3, -0.25) is 4.98 Å². The second kappa shape index (κ2) is 3.65. The Hall–Kier alpha value is -1.59. The summed E-state index contributed by atoms with van der Waals surface area (Å²) >= 11 is 5.86. The van der Waals surface area contributed by atoms with Gasteiger partial charge in [-0.15, -0.1) is 0 Å². The average molecular weight is 203 g/mol. The molecule has 68 valence electrons. The molecule has 0 N–H and O–H groups in total. The Labute approximate surface area is 86.8 Å². The third kappa shape index (κ3) is 1.68. The largest absolute Gasteiger partial charge is 0.260 e. The van der Waals surface area contributed by atoms with Crippen molar-refractivity contribution in [3.05, 3.63) is 41.2 Å². The third-order valence-corrected chi connectivity index (χ3v) is 2.24. The van der Waals surface area contributed by atoms with E-state index >= 15 is 0 Å². The molecule has 0 spiro atoms. The van der Waals surface area contributed by atoms with Gasteiger partial charge in [0.25, 0.3) is 0 Å². The maximum atomic E-state index is 8.53. The van der Waals surface area contributed by atoms with E-state index in [1.54, 1.807) is 6.20 Å². The molecular weight excluding hydrogens is 196 g/mol. The summed E-state index contributed by atoms with van der Waals surface area (Å²) in [6, 6.07) is 9.58. The van der Waals surface area contributed by atoms with Crippen LogP contribution in [0.2, 0.25) is 5.02 Å². The number of aromatic nitrogens is 1. The van der Waals surface area contributed by atoms with Crippen molar-refractivity contribution in [2.24, 2.45) is 0 Å².